The third-order valence-electron chi connectivity index (χ3n) is 4.08. The lowest BCUT2D eigenvalue weighted by molar-refractivity contribution is -0.142. The number of carboxylic acid groups (broad SMARTS) is 1. The smallest absolute Gasteiger partial charge is 0.329 e. The molecule has 2 aromatic carbocycles. The Kier molecular flexibility index (Phi) is 10.5. The minimum Gasteiger partial charge on any atom is -0.492 e. The maximum Gasteiger partial charge on any atom is 0.329 e. The van der Waals surface area contributed by atoms with E-state index in [1.807, 2.05) is 24.3 Å². The number of benzene rings is 2. The van der Waals surface area contributed by atoms with Gasteiger partial charge >= 0.3 is 5.97 Å². The summed E-state index contributed by atoms with van der Waals surface area (Å²) in [5.41, 5.74) is 7.87. The first kappa shape index (κ1) is 24.6. The molecular weight excluding hydrogens is 418 g/mol. The van der Waals surface area contributed by atoms with Crippen molar-refractivity contribution in [3.63, 3.8) is 0 Å². The van der Waals surface area contributed by atoms with Gasteiger partial charge in [0, 0.05) is 18.3 Å². The summed E-state index contributed by atoms with van der Waals surface area (Å²) < 4.78 is 16.6. The van der Waals surface area contributed by atoms with Crippen LogP contribution in [0, 0.1) is 0 Å². The fourth-order valence-corrected chi connectivity index (χ4v) is 2.66. The Labute approximate surface area is 185 Å². The van der Waals surface area contributed by atoms with Crippen molar-refractivity contribution >= 4 is 24.0 Å². The van der Waals surface area contributed by atoms with Crippen LogP contribution in [0.2, 0.25) is 0 Å². The molecule has 0 atom stereocenters. The lowest BCUT2D eigenvalue weighted by Gasteiger charge is -2.13. The van der Waals surface area contributed by atoms with E-state index in [2.05, 4.69) is 10.6 Å². The van der Waals surface area contributed by atoms with E-state index in [1.54, 1.807) is 18.2 Å². The molecule has 5 N–H and O–H groups in total. The second-order valence-corrected chi connectivity index (χ2v) is 6.68. The van der Waals surface area contributed by atoms with Crippen LogP contribution in [0.1, 0.15) is 11.1 Å². The first-order valence-electron chi connectivity index (χ1n) is 9.95. The quantitative estimate of drug-likeness (QED) is 0.234. The van der Waals surface area contributed by atoms with E-state index in [1.165, 1.54) is 0 Å². The van der Waals surface area contributed by atoms with E-state index in [0.717, 1.165) is 11.1 Å². The highest BCUT2D eigenvalue weighted by Gasteiger charge is 2.06. The molecule has 0 spiro atoms. The zero-order chi connectivity index (χ0) is 23.2. The van der Waals surface area contributed by atoms with E-state index >= 15 is 0 Å². The van der Waals surface area contributed by atoms with Crippen molar-refractivity contribution in [2.75, 3.05) is 38.2 Å². The van der Waals surface area contributed by atoms with Gasteiger partial charge in [0.1, 0.15) is 31.3 Å². The zero-order valence-corrected chi connectivity index (χ0v) is 17.5. The molecular formula is C22H27N3O7. The van der Waals surface area contributed by atoms with Gasteiger partial charge in [0.2, 0.25) is 12.3 Å². The number of carbonyl (C=O) groups excluding carboxylic acids is 2. The molecule has 0 bridgehead atoms. The number of hydrogen-bond donors (Lipinski definition) is 4. The average Bonchev–Trinajstić information content (AvgIpc) is 2.78. The molecule has 0 aliphatic carbocycles. The lowest BCUT2D eigenvalue weighted by atomic mass is 10.1. The molecule has 2 amide bonds. The van der Waals surface area contributed by atoms with E-state index < -0.39 is 5.97 Å². The molecule has 0 aromatic heterocycles. The Morgan fingerprint density at radius 2 is 1.72 bits per heavy atom. The number of ether oxygens (including phenoxy) is 3. The SMILES string of the molecule is NCCOc1cc(CCOCC(=O)O)cc(OCc2ccc(NC(=O)CNC=O)cc2)c1. The summed E-state index contributed by atoms with van der Waals surface area (Å²) in [6.45, 7) is 0.819. The molecule has 2 aromatic rings. The number of aliphatic carboxylic acids is 1. The summed E-state index contributed by atoms with van der Waals surface area (Å²) in [6.07, 6.45) is 0.960. The normalized spacial score (nSPS) is 10.3. The number of nitrogens with two attached hydrogens (primary N) is 1. The van der Waals surface area contributed by atoms with Crippen molar-refractivity contribution in [3.05, 3.63) is 53.6 Å². The van der Waals surface area contributed by atoms with Crippen molar-refractivity contribution < 1.29 is 33.7 Å². The van der Waals surface area contributed by atoms with Gasteiger partial charge in [-0.3, -0.25) is 9.59 Å². The highest BCUT2D eigenvalue weighted by Crippen LogP contribution is 2.24. The predicted molar refractivity (Wildman–Crippen MR) is 117 cm³/mol. The fourth-order valence-electron chi connectivity index (χ4n) is 2.66. The summed E-state index contributed by atoms with van der Waals surface area (Å²) in [5, 5.41) is 13.6. The molecule has 2 rings (SSSR count). The van der Waals surface area contributed by atoms with Crippen molar-refractivity contribution in [3.8, 4) is 11.5 Å². The maximum atomic E-state index is 11.6. The minimum absolute atomic E-state index is 0.0966. The second-order valence-electron chi connectivity index (χ2n) is 6.68. The predicted octanol–water partition coefficient (Wildman–Crippen LogP) is 0.931. The standard InChI is InChI=1S/C22H27N3O7/c23-6-8-31-19-9-17(5-7-30-14-22(28)29)10-20(11-19)32-13-16-1-3-18(4-2-16)25-21(27)12-24-15-26/h1-4,9-11,15H,5-8,12-14,23H2,(H,24,26)(H,25,27)(H,28,29). The number of anilines is 1. The van der Waals surface area contributed by atoms with Gasteiger partial charge in [-0.05, 0) is 41.8 Å². The third kappa shape index (κ3) is 9.45. The molecule has 0 heterocycles. The Bertz CT molecular complexity index is 888. The van der Waals surface area contributed by atoms with Crippen LogP contribution < -0.4 is 25.8 Å². The highest BCUT2D eigenvalue weighted by atomic mass is 16.5. The largest absolute Gasteiger partial charge is 0.492 e. The average molecular weight is 445 g/mol. The summed E-state index contributed by atoms with van der Waals surface area (Å²) in [5.74, 6) is -0.152. The van der Waals surface area contributed by atoms with Crippen molar-refractivity contribution in [1.82, 2.24) is 5.32 Å². The van der Waals surface area contributed by atoms with Crippen LogP contribution in [0.5, 0.6) is 11.5 Å². The maximum absolute atomic E-state index is 11.6. The molecule has 0 radical (unpaired) electrons. The van der Waals surface area contributed by atoms with Gasteiger partial charge in [-0.1, -0.05) is 12.1 Å². The van der Waals surface area contributed by atoms with Gasteiger partial charge in [-0.2, -0.15) is 0 Å². The topological polar surface area (TPSA) is 149 Å². The van der Waals surface area contributed by atoms with E-state index in [-0.39, 0.29) is 32.3 Å². The number of rotatable bonds is 15. The number of amides is 2. The van der Waals surface area contributed by atoms with Crippen LogP contribution in [-0.2, 0) is 32.1 Å². The molecule has 32 heavy (non-hydrogen) atoms. The fraction of sp³-hybridized carbons (Fsp3) is 0.318. The van der Waals surface area contributed by atoms with Crippen molar-refractivity contribution in [2.24, 2.45) is 5.73 Å². The Hall–Kier alpha value is -3.63. The Morgan fingerprint density at radius 1 is 1.00 bits per heavy atom. The molecule has 0 saturated heterocycles. The van der Waals surface area contributed by atoms with Gasteiger partial charge in [0.15, 0.2) is 0 Å². The van der Waals surface area contributed by atoms with E-state index in [0.29, 0.717) is 43.2 Å². The molecule has 0 aliphatic heterocycles. The number of carboxylic acids is 1. The van der Waals surface area contributed by atoms with E-state index in [4.69, 9.17) is 25.1 Å². The zero-order valence-electron chi connectivity index (χ0n) is 17.5. The molecule has 172 valence electrons. The minimum atomic E-state index is -1.02. The monoisotopic (exact) mass is 445 g/mol. The van der Waals surface area contributed by atoms with Gasteiger partial charge in [0.25, 0.3) is 0 Å². The van der Waals surface area contributed by atoms with Crippen molar-refractivity contribution in [2.45, 2.75) is 13.0 Å². The van der Waals surface area contributed by atoms with E-state index in [9.17, 15) is 14.4 Å². The lowest BCUT2D eigenvalue weighted by Crippen LogP contribution is -2.26. The summed E-state index contributed by atoms with van der Waals surface area (Å²) in [4.78, 5) is 32.4. The second kappa shape index (κ2) is 13.6. The number of hydrogen-bond acceptors (Lipinski definition) is 7. The summed E-state index contributed by atoms with van der Waals surface area (Å²) in [7, 11) is 0. The molecule has 0 saturated carbocycles. The van der Waals surface area contributed by atoms with Crippen LogP contribution in [-0.4, -0.2) is 56.3 Å². The number of nitrogens with one attached hydrogen (secondary N) is 2. The van der Waals surface area contributed by atoms with Gasteiger partial charge in [-0.15, -0.1) is 0 Å². The van der Waals surface area contributed by atoms with Crippen LogP contribution in [0.15, 0.2) is 42.5 Å². The van der Waals surface area contributed by atoms with Gasteiger partial charge < -0.3 is 35.7 Å². The van der Waals surface area contributed by atoms with Crippen molar-refractivity contribution in [1.29, 1.82) is 0 Å². The third-order valence-corrected chi connectivity index (χ3v) is 4.08. The molecule has 0 fully saturated rings. The Balaban J connectivity index is 1.96. The van der Waals surface area contributed by atoms with Crippen LogP contribution in [0.3, 0.4) is 0 Å². The van der Waals surface area contributed by atoms with Gasteiger partial charge in [0.05, 0.1) is 13.2 Å². The first-order chi connectivity index (χ1) is 15.5. The van der Waals surface area contributed by atoms with Crippen LogP contribution in [0.4, 0.5) is 5.69 Å². The molecule has 0 unspecified atom stereocenters. The van der Waals surface area contributed by atoms with Crippen LogP contribution in [0.25, 0.3) is 0 Å². The van der Waals surface area contributed by atoms with Crippen LogP contribution >= 0.6 is 0 Å². The first-order valence-corrected chi connectivity index (χ1v) is 9.95. The summed E-state index contributed by atoms with van der Waals surface area (Å²) in [6, 6.07) is 12.5. The molecule has 10 nitrogen and oxygen atoms in total. The highest BCUT2D eigenvalue weighted by molar-refractivity contribution is 5.93. The Morgan fingerprint density at radius 3 is 2.38 bits per heavy atom. The summed E-state index contributed by atoms with van der Waals surface area (Å²) >= 11 is 0. The number of carbonyl (C=O) groups is 3. The van der Waals surface area contributed by atoms with Gasteiger partial charge in [-0.25, -0.2) is 4.79 Å². The molecule has 10 heteroatoms. The molecule has 0 aliphatic rings.